The lowest BCUT2D eigenvalue weighted by molar-refractivity contribution is -0.235. The molecule has 7 heteroatoms. The number of esters is 1. The highest BCUT2D eigenvalue weighted by molar-refractivity contribution is 6.30. The van der Waals surface area contributed by atoms with Gasteiger partial charge in [-0.25, -0.2) is 0 Å². The second-order valence-corrected chi connectivity index (χ2v) is 20.3. The van der Waals surface area contributed by atoms with Gasteiger partial charge in [0.2, 0.25) is 0 Å². The van der Waals surface area contributed by atoms with Gasteiger partial charge >= 0.3 is 11.9 Å². The van der Waals surface area contributed by atoms with Crippen LogP contribution in [0.1, 0.15) is 139 Å². The normalized spacial score (nSPS) is 38.0. The van der Waals surface area contributed by atoms with Gasteiger partial charge in [-0.2, -0.15) is 0 Å². The number of fused-ring (bicyclic) bond motifs is 7. The van der Waals surface area contributed by atoms with Crippen molar-refractivity contribution < 1.29 is 24.5 Å². The van der Waals surface area contributed by atoms with Gasteiger partial charge in [0.15, 0.2) is 0 Å². The summed E-state index contributed by atoms with van der Waals surface area (Å²) in [7, 11) is 0. The minimum absolute atomic E-state index is 0.111. The zero-order chi connectivity index (χ0) is 37.4. The van der Waals surface area contributed by atoms with Crippen LogP contribution in [0.25, 0.3) is 0 Å². The first kappa shape index (κ1) is 38.8. The van der Waals surface area contributed by atoms with E-state index < -0.39 is 23.5 Å². The fourth-order valence-corrected chi connectivity index (χ4v) is 13.3. The van der Waals surface area contributed by atoms with Gasteiger partial charge in [0.25, 0.3) is 0 Å². The highest BCUT2D eigenvalue weighted by Gasteiger charge is 2.70. The molecule has 3 N–H and O–H groups in total. The van der Waals surface area contributed by atoms with E-state index in [1.165, 1.54) is 24.8 Å². The molecule has 4 fully saturated rings. The van der Waals surface area contributed by atoms with Crippen molar-refractivity contribution in [2.24, 2.45) is 56.2 Å². The smallest absolute Gasteiger partial charge is 0.309 e. The molecule has 6 nitrogen and oxygen atoms in total. The molecule has 0 unspecified atom stereocenters. The van der Waals surface area contributed by atoms with Gasteiger partial charge in [-0.05, 0) is 136 Å². The van der Waals surface area contributed by atoms with Crippen molar-refractivity contribution in [3.05, 3.63) is 46.0 Å². The molecule has 6 rings (SSSR count). The molecule has 0 amide bonds. The number of aliphatic carboxylic acids is 1. The van der Waals surface area contributed by atoms with E-state index in [2.05, 4.69) is 65.9 Å². The number of carboxylic acids is 1. The quantitative estimate of drug-likeness (QED) is 0.164. The van der Waals surface area contributed by atoms with Gasteiger partial charge in [-0.3, -0.25) is 9.59 Å². The Kier molecular flexibility index (Phi) is 10.2. The number of carboxylic acid groups (broad SMARTS) is 1. The molecule has 0 radical (unpaired) electrons. The number of ether oxygens (including phenoxy) is 1. The lowest BCUT2D eigenvalue weighted by Crippen LogP contribution is -2.66. The van der Waals surface area contributed by atoms with Crippen LogP contribution in [0.5, 0.6) is 0 Å². The number of nitrogens with one attached hydrogen (secondary N) is 1. The van der Waals surface area contributed by atoms with Crippen LogP contribution >= 0.6 is 11.6 Å². The standard InChI is InChI=1S/C44H66ClNO5/c1-27(2)30-16-21-44(34(47)26-46-25-28-10-12-29(45)13-11-28)23-22-42(8)31(37(30)44)14-15-33-41(7)19-18-35(51-36(48)24-39(3,4)38(49)50)40(5,6)32(41)17-20-43(33,42)9/h10-13,27,31-35,46-47H,14-26H2,1-9H3,(H,49,50)/t31-,32+,33-,34+,35+,41+,42-,43-,44-/m1/s1. The zero-order valence-corrected chi connectivity index (χ0v) is 33.7. The summed E-state index contributed by atoms with van der Waals surface area (Å²) in [6, 6.07) is 7.98. The topological polar surface area (TPSA) is 95.9 Å². The van der Waals surface area contributed by atoms with E-state index in [9.17, 15) is 19.8 Å². The Balaban J connectivity index is 1.23. The highest BCUT2D eigenvalue weighted by atomic mass is 35.5. The van der Waals surface area contributed by atoms with Crippen LogP contribution in [0, 0.1) is 56.2 Å². The minimum Gasteiger partial charge on any atom is -0.481 e. The summed E-state index contributed by atoms with van der Waals surface area (Å²) >= 11 is 6.12. The maximum atomic E-state index is 13.1. The Bertz CT molecular complexity index is 1530. The van der Waals surface area contributed by atoms with Gasteiger partial charge < -0.3 is 20.3 Å². The first-order chi connectivity index (χ1) is 23.7. The molecular weight excluding hydrogens is 658 g/mol. The summed E-state index contributed by atoms with van der Waals surface area (Å²) < 4.78 is 6.18. The Labute approximate surface area is 312 Å². The molecular formula is C44H66ClNO5. The SMILES string of the molecule is CC(C)C1=C2[C@H]3CC[C@@H]4[C@@]5(C)CC[C@H](OC(=O)CC(C)(C)C(=O)O)C(C)(C)[C@@H]5CC[C@@]4(C)[C@]3(C)CC[C@@]2([C@@H](O)CNCc2ccc(Cl)cc2)CC1. The van der Waals surface area contributed by atoms with Crippen LogP contribution in [0.2, 0.25) is 5.02 Å². The van der Waals surface area contributed by atoms with Crippen molar-refractivity contribution in [3.63, 3.8) is 0 Å². The summed E-state index contributed by atoms with van der Waals surface area (Å²) in [5, 5.41) is 26.1. The molecule has 5 aliphatic carbocycles. The molecule has 0 saturated heterocycles. The molecule has 284 valence electrons. The number of aliphatic hydroxyl groups is 1. The number of carbonyl (C=O) groups excluding carboxylic acids is 1. The van der Waals surface area contributed by atoms with Gasteiger partial charge in [0, 0.05) is 28.9 Å². The van der Waals surface area contributed by atoms with Gasteiger partial charge in [0.1, 0.15) is 6.10 Å². The number of halogens is 1. The van der Waals surface area contributed by atoms with Crippen molar-refractivity contribution in [1.82, 2.24) is 5.32 Å². The molecule has 0 spiro atoms. The summed E-state index contributed by atoms with van der Waals surface area (Å²) in [6.45, 7) is 21.7. The molecule has 51 heavy (non-hydrogen) atoms. The van der Waals surface area contributed by atoms with E-state index in [0.29, 0.717) is 30.2 Å². The molecule has 1 aromatic rings. The average Bonchev–Trinajstić information content (AvgIpc) is 3.45. The first-order valence-corrected chi connectivity index (χ1v) is 20.4. The molecule has 1 aromatic carbocycles. The maximum Gasteiger partial charge on any atom is 0.309 e. The first-order valence-electron chi connectivity index (χ1n) is 20.0. The van der Waals surface area contributed by atoms with Crippen LogP contribution in [-0.4, -0.2) is 40.9 Å². The number of aliphatic hydroxyl groups excluding tert-OH is 1. The van der Waals surface area contributed by atoms with Crippen molar-refractivity contribution in [3.8, 4) is 0 Å². The zero-order valence-electron chi connectivity index (χ0n) is 33.0. The molecule has 0 aromatic heterocycles. The lowest BCUT2D eigenvalue weighted by atomic mass is 9.33. The molecule has 0 aliphatic heterocycles. The van der Waals surface area contributed by atoms with E-state index in [1.807, 2.05) is 12.1 Å². The average molecular weight is 724 g/mol. The molecule has 4 saturated carbocycles. The predicted octanol–water partition coefficient (Wildman–Crippen LogP) is 10.0. The fourth-order valence-electron chi connectivity index (χ4n) is 13.2. The number of hydrogen-bond donors (Lipinski definition) is 3. The minimum atomic E-state index is -1.14. The van der Waals surface area contributed by atoms with E-state index in [-0.39, 0.29) is 39.6 Å². The number of carbonyl (C=O) groups is 2. The van der Waals surface area contributed by atoms with E-state index >= 15 is 0 Å². The molecule has 0 bridgehead atoms. The second-order valence-electron chi connectivity index (χ2n) is 19.8. The van der Waals surface area contributed by atoms with Gasteiger partial charge in [-0.15, -0.1) is 0 Å². The van der Waals surface area contributed by atoms with Gasteiger partial charge in [-0.1, -0.05) is 83.3 Å². The highest BCUT2D eigenvalue weighted by Crippen LogP contribution is 2.77. The largest absolute Gasteiger partial charge is 0.481 e. The monoisotopic (exact) mass is 723 g/mol. The maximum absolute atomic E-state index is 13.1. The third-order valence-electron chi connectivity index (χ3n) is 16.3. The summed E-state index contributed by atoms with van der Waals surface area (Å²) in [6.07, 6.45) is 10.2. The van der Waals surface area contributed by atoms with Crippen LogP contribution < -0.4 is 5.32 Å². The molecule has 9 atom stereocenters. The number of rotatable bonds is 10. The van der Waals surface area contributed by atoms with E-state index in [0.717, 1.165) is 56.5 Å². The van der Waals surface area contributed by atoms with Crippen molar-refractivity contribution in [1.29, 1.82) is 0 Å². The molecule has 5 aliphatic rings. The second kappa shape index (κ2) is 13.4. The Morgan fingerprint density at radius 1 is 0.922 bits per heavy atom. The van der Waals surface area contributed by atoms with Crippen molar-refractivity contribution in [2.75, 3.05) is 6.54 Å². The predicted molar refractivity (Wildman–Crippen MR) is 204 cm³/mol. The number of benzene rings is 1. The third kappa shape index (κ3) is 6.23. The van der Waals surface area contributed by atoms with E-state index in [1.54, 1.807) is 25.0 Å². The number of hydrogen-bond acceptors (Lipinski definition) is 5. The summed E-state index contributed by atoms with van der Waals surface area (Å²) in [5.41, 5.74) is 3.42. The lowest BCUT2D eigenvalue weighted by Gasteiger charge is -2.72. The van der Waals surface area contributed by atoms with Crippen LogP contribution in [-0.2, 0) is 20.9 Å². The van der Waals surface area contributed by atoms with Crippen molar-refractivity contribution in [2.45, 2.75) is 152 Å². The summed E-state index contributed by atoms with van der Waals surface area (Å²) in [4.78, 5) is 24.8. The fraction of sp³-hybridized carbons (Fsp3) is 0.773. The Morgan fingerprint density at radius 3 is 2.25 bits per heavy atom. The van der Waals surface area contributed by atoms with E-state index in [4.69, 9.17) is 16.3 Å². The van der Waals surface area contributed by atoms with Gasteiger partial charge in [0.05, 0.1) is 17.9 Å². The van der Waals surface area contributed by atoms with Crippen molar-refractivity contribution >= 4 is 23.5 Å². The molecule has 0 heterocycles. The Morgan fingerprint density at radius 2 is 1.61 bits per heavy atom. The Hall–Kier alpha value is -1.89. The summed E-state index contributed by atoms with van der Waals surface area (Å²) in [5.74, 6) is 0.611. The number of allylic oxidation sites excluding steroid dienone is 1. The third-order valence-corrected chi connectivity index (χ3v) is 16.6. The van der Waals surface area contributed by atoms with Crippen LogP contribution in [0.15, 0.2) is 35.4 Å². The van der Waals surface area contributed by atoms with Crippen LogP contribution in [0.3, 0.4) is 0 Å². The van der Waals surface area contributed by atoms with Crippen LogP contribution in [0.4, 0.5) is 0 Å².